The van der Waals surface area contributed by atoms with E-state index in [9.17, 15) is 5.11 Å². The van der Waals surface area contributed by atoms with Crippen LogP contribution < -0.4 is 9.47 Å². The summed E-state index contributed by atoms with van der Waals surface area (Å²) in [5.74, 6) is 2.05. The zero-order valence-corrected chi connectivity index (χ0v) is 12.7. The Balaban J connectivity index is 2.14. The third-order valence-electron chi connectivity index (χ3n) is 3.98. The topological polar surface area (TPSA) is 38.7 Å². The second-order valence-corrected chi connectivity index (χ2v) is 6.38. The van der Waals surface area contributed by atoms with Crippen LogP contribution in [0, 0.1) is 5.92 Å². The molecule has 1 aromatic carbocycles. The second-order valence-electron chi connectivity index (χ2n) is 5.52. The van der Waals surface area contributed by atoms with Crippen LogP contribution in [0.1, 0.15) is 43.4 Å². The van der Waals surface area contributed by atoms with E-state index in [1.165, 1.54) is 5.56 Å². The predicted molar refractivity (Wildman–Crippen MR) is 76.8 cm³/mol. The molecule has 1 aliphatic carbocycles. The quantitative estimate of drug-likeness (QED) is 0.740. The lowest BCUT2D eigenvalue weighted by molar-refractivity contribution is 0.145. The van der Waals surface area contributed by atoms with E-state index in [1.807, 2.05) is 6.07 Å². The maximum Gasteiger partial charge on any atom is 0.167 e. The summed E-state index contributed by atoms with van der Waals surface area (Å²) in [6.45, 7) is 3.52. The second kappa shape index (κ2) is 5.33. The van der Waals surface area contributed by atoms with Gasteiger partial charge in [-0.05, 0) is 36.8 Å². The number of benzene rings is 1. The SMILES string of the molecule is CC1CCc2c(Br)cc3c(c2C(O)C1)OCCCO3. The molecule has 0 spiro atoms. The first-order valence-corrected chi connectivity index (χ1v) is 7.75. The fourth-order valence-corrected chi connectivity index (χ4v) is 3.57. The number of aliphatic hydroxyl groups excluding tert-OH is 1. The van der Waals surface area contributed by atoms with Crippen LogP contribution in [0.15, 0.2) is 10.5 Å². The van der Waals surface area contributed by atoms with Gasteiger partial charge >= 0.3 is 0 Å². The summed E-state index contributed by atoms with van der Waals surface area (Å²) in [6.07, 6.45) is 3.29. The third-order valence-corrected chi connectivity index (χ3v) is 4.69. The van der Waals surface area contributed by atoms with E-state index in [0.717, 1.165) is 47.2 Å². The molecule has 0 amide bonds. The monoisotopic (exact) mass is 326 g/mol. The van der Waals surface area contributed by atoms with Crippen molar-refractivity contribution in [1.82, 2.24) is 0 Å². The van der Waals surface area contributed by atoms with E-state index < -0.39 is 6.10 Å². The molecule has 19 heavy (non-hydrogen) atoms. The molecule has 0 radical (unpaired) electrons. The highest BCUT2D eigenvalue weighted by Crippen LogP contribution is 2.46. The Kier molecular flexibility index (Phi) is 3.72. The Morgan fingerprint density at radius 1 is 1.32 bits per heavy atom. The lowest BCUT2D eigenvalue weighted by atomic mass is 9.98. The van der Waals surface area contributed by atoms with E-state index in [2.05, 4.69) is 22.9 Å². The van der Waals surface area contributed by atoms with Gasteiger partial charge in [0.05, 0.1) is 19.3 Å². The van der Waals surface area contributed by atoms with Crippen LogP contribution in [0.2, 0.25) is 0 Å². The highest BCUT2D eigenvalue weighted by molar-refractivity contribution is 9.10. The number of rotatable bonds is 0. The van der Waals surface area contributed by atoms with Gasteiger partial charge in [-0.3, -0.25) is 0 Å². The first kappa shape index (κ1) is 13.3. The zero-order chi connectivity index (χ0) is 13.4. The summed E-state index contributed by atoms with van der Waals surface area (Å²) in [6, 6.07) is 1.99. The van der Waals surface area contributed by atoms with Gasteiger partial charge < -0.3 is 14.6 Å². The summed E-state index contributed by atoms with van der Waals surface area (Å²) in [5, 5.41) is 10.5. The highest BCUT2D eigenvalue weighted by atomic mass is 79.9. The molecule has 0 fully saturated rings. The summed E-state index contributed by atoms with van der Waals surface area (Å²) in [5.41, 5.74) is 2.12. The molecular weight excluding hydrogens is 308 g/mol. The van der Waals surface area contributed by atoms with Crippen molar-refractivity contribution in [2.75, 3.05) is 13.2 Å². The van der Waals surface area contributed by atoms with Gasteiger partial charge in [-0.1, -0.05) is 22.9 Å². The van der Waals surface area contributed by atoms with Crippen molar-refractivity contribution in [3.05, 3.63) is 21.7 Å². The third kappa shape index (κ3) is 2.48. The number of halogens is 1. The molecule has 104 valence electrons. The van der Waals surface area contributed by atoms with E-state index in [-0.39, 0.29) is 0 Å². The molecule has 1 heterocycles. The van der Waals surface area contributed by atoms with E-state index in [4.69, 9.17) is 9.47 Å². The van der Waals surface area contributed by atoms with E-state index in [1.54, 1.807) is 0 Å². The largest absolute Gasteiger partial charge is 0.490 e. The maximum atomic E-state index is 10.5. The van der Waals surface area contributed by atoms with Gasteiger partial charge in [0.15, 0.2) is 11.5 Å². The molecule has 2 unspecified atom stereocenters. The molecule has 1 aromatic rings. The Bertz CT molecular complexity index is 487. The predicted octanol–water partition coefficient (Wildman–Crippen LogP) is 3.62. The molecule has 0 saturated carbocycles. The fraction of sp³-hybridized carbons (Fsp3) is 0.600. The summed E-state index contributed by atoms with van der Waals surface area (Å²) >= 11 is 3.62. The molecule has 0 aromatic heterocycles. The number of hydrogen-bond acceptors (Lipinski definition) is 3. The minimum absolute atomic E-state index is 0.458. The number of ether oxygens (including phenoxy) is 2. The average molecular weight is 327 g/mol. The molecule has 2 aliphatic rings. The maximum absolute atomic E-state index is 10.5. The molecule has 3 nitrogen and oxygen atoms in total. The first-order valence-electron chi connectivity index (χ1n) is 6.95. The summed E-state index contributed by atoms with van der Waals surface area (Å²) < 4.78 is 12.6. The van der Waals surface area contributed by atoms with Gasteiger partial charge in [-0.15, -0.1) is 0 Å². The molecule has 0 saturated heterocycles. The van der Waals surface area contributed by atoms with Gasteiger partial charge in [-0.2, -0.15) is 0 Å². The minimum Gasteiger partial charge on any atom is -0.490 e. The number of fused-ring (bicyclic) bond motifs is 3. The van der Waals surface area contributed by atoms with Gasteiger partial charge in [0.2, 0.25) is 0 Å². The fourth-order valence-electron chi connectivity index (χ4n) is 2.95. The van der Waals surface area contributed by atoms with E-state index >= 15 is 0 Å². The van der Waals surface area contributed by atoms with Crippen LogP contribution in [0.25, 0.3) is 0 Å². The minimum atomic E-state index is -0.458. The van der Waals surface area contributed by atoms with Crippen molar-refractivity contribution in [3.8, 4) is 11.5 Å². The lowest BCUT2D eigenvalue weighted by Crippen LogP contribution is -2.06. The Morgan fingerprint density at radius 2 is 2.11 bits per heavy atom. The normalized spacial score (nSPS) is 26.3. The Labute approximate surface area is 122 Å². The Hall–Kier alpha value is -0.740. The van der Waals surface area contributed by atoms with Crippen molar-refractivity contribution in [1.29, 1.82) is 0 Å². The Morgan fingerprint density at radius 3 is 2.95 bits per heavy atom. The van der Waals surface area contributed by atoms with Crippen LogP contribution in [-0.2, 0) is 6.42 Å². The first-order chi connectivity index (χ1) is 9.16. The molecule has 1 aliphatic heterocycles. The van der Waals surface area contributed by atoms with Crippen LogP contribution in [0.3, 0.4) is 0 Å². The van der Waals surface area contributed by atoms with Crippen molar-refractivity contribution < 1.29 is 14.6 Å². The molecule has 1 N–H and O–H groups in total. The van der Waals surface area contributed by atoms with Gasteiger partial charge in [-0.25, -0.2) is 0 Å². The molecule has 0 bridgehead atoms. The van der Waals surface area contributed by atoms with Crippen molar-refractivity contribution in [3.63, 3.8) is 0 Å². The molecule has 3 rings (SSSR count). The van der Waals surface area contributed by atoms with Crippen LogP contribution >= 0.6 is 15.9 Å². The van der Waals surface area contributed by atoms with Crippen LogP contribution in [0.4, 0.5) is 0 Å². The van der Waals surface area contributed by atoms with Gasteiger partial charge in [0.1, 0.15) is 0 Å². The van der Waals surface area contributed by atoms with Crippen LogP contribution in [-0.4, -0.2) is 18.3 Å². The number of hydrogen-bond donors (Lipinski definition) is 1. The standard InChI is InChI=1S/C15H19BrO3/c1-9-3-4-10-11(16)8-13-15(14(10)12(17)7-9)19-6-2-5-18-13/h8-9,12,17H,2-7H2,1H3. The molecule has 4 heteroatoms. The lowest BCUT2D eigenvalue weighted by Gasteiger charge is -2.20. The van der Waals surface area contributed by atoms with Crippen molar-refractivity contribution in [2.45, 2.75) is 38.7 Å². The zero-order valence-electron chi connectivity index (χ0n) is 11.1. The van der Waals surface area contributed by atoms with Gasteiger partial charge in [0, 0.05) is 16.5 Å². The van der Waals surface area contributed by atoms with Gasteiger partial charge in [0.25, 0.3) is 0 Å². The van der Waals surface area contributed by atoms with Crippen molar-refractivity contribution in [2.24, 2.45) is 5.92 Å². The average Bonchev–Trinajstić information content (AvgIpc) is 2.67. The highest BCUT2D eigenvalue weighted by Gasteiger charge is 2.29. The van der Waals surface area contributed by atoms with Crippen LogP contribution in [0.5, 0.6) is 11.5 Å². The molecule has 2 atom stereocenters. The summed E-state index contributed by atoms with van der Waals surface area (Å²) in [4.78, 5) is 0. The van der Waals surface area contributed by atoms with E-state index in [0.29, 0.717) is 19.1 Å². The molecular formula is C15H19BrO3. The van der Waals surface area contributed by atoms with Crippen molar-refractivity contribution >= 4 is 15.9 Å². The summed E-state index contributed by atoms with van der Waals surface area (Å²) in [7, 11) is 0. The number of aliphatic hydroxyl groups is 1. The smallest absolute Gasteiger partial charge is 0.167 e.